The minimum atomic E-state index is -0.814. The van der Waals surface area contributed by atoms with E-state index in [0.717, 1.165) is 12.8 Å². The Bertz CT molecular complexity index is 197. The molecule has 0 aromatic rings. The Labute approximate surface area is 98.6 Å². The van der Waals surface area contributed by atoms with Crippen LogP contribution in [0.15, 0.2) is 0 Å². The molecule has 4 N–H and O–H groups in total. The first-order valence-electron chi connectivity index (χ1n) is 6.25. The molecule has 0 aromatic carbocycles. The van der Waals surface area contributed by atoms with Crippen molar-refractivity contribution in [2.45, 2.75) is 57.9 Å². The third-order valence-corrected chi connectivity index (χ3v) is 2.91. The summed E-state index contributed by atoms with van der Waals surface area (Å²) in [5.41, 5.74) is 4.56. The molecule has 0 saturated heterocycles. The largest absolute Gasteiger partial charge is 0.480 e. The third-order valence-electron chi connectivity index (χ3n) is 2.91. The summed E-state index contributed by atoms with van der Waals surface area (Å²) in [5.74, 6) is -0.781. The fourth-order valence-electron chi connectivity index (χ4n) is 1.70. The second-order valence-electron chi connectivity index (χ2n) is 4.52. The topological polar surface area (TPSA) is 75.3 Å². The smallest absolute Gasteiger partial charge is 0.323 e. The number of rotatable bonds is 10. The molecule has 0 bridgehead atoms. The van der Waals surface area contributed by atoms with Crippen LogP contribution in [0.1, 0.15) is 52.4 Å². The summed E-state index contributed by atoms with van der Waals surface area (Å²) in [6.07, 6.45) is 6.39. The van der Waals surface area contributed by atoms with Crippen LogP contribution in [0.3, 0.4) is 0 Å². The van der Waals surface area contributed by atoms with Gasteiger partial charge >= 0.3 is 5.97 Å². The van der Waals surface area contributed by atoms with Crippen LogP contribution < -0.4 is 11.1 Å². The zero-order valence-electron chi connectivity index (χ0n) is 10.6. The average Bonchev–Trinajstić information content (AvgIpc) is 2.26. The highest BCUT2D eigenvalue weighted by atomic mass is 16.4. The van der Waals surface area contributed by atoms with E-state index in [0.29, 0.717) is 19.5 Å². The highest BCUT2D eigenvalue weighted by Crippen LogP contribution is 2.16. The van der Waals surface area contributed by atoms with Crippen molar-refractivity contribution in [3.8, 4) is 0 Å². The Hall–Kier alpha value is -0.610. The van der Waals surface area contributed by atoms with Crippen LogP contribution >= 0.6 is 0 Å². The molecule has 0 aromatic heterocycles. The number of unbranched alkanes of at least 4 members (excludes halogenated alkanes) is 4. The van der Waals surface area contributed by atoms with E-state index in [1.165, 1.54) is 19.3 Å². The van der Waals surface area contributed by atoms with Crippen molar-refractivity contribution in [2.75, 3.05) is 13.1 Å². The van der Waals surface area contributed by atoms with Gasteiger partial charge in [0.15, 0.2) is 0 Å². The lowest BCUT2D eigenvalue weighted by Crippen LogP contribution is -2.51. The lowest BCUT2D eigenvalue weighted by atomic mass is 9.94. The van der Waals surface area contributed by atoms with E-state index in [4.69, 9.17) is 10.8 Å². The standard InChI is InChI=1S/C12H26N2O2/c1-3-4-5-6-7-8-12(2,11(15)16)14-10-9-13/h14H,3-10,13H2,1-2H3,(H,15,16). The molecule has 1 unspecified atom stereocenters. The number of nitrogens with two attached hydrogens (primary N) is 1. The van der Waals surface area contributed by atoms with Gasteiger partial charge in [0.25, 0.3) is 0 Å². The van der Waals surface area contributed by atoms with Gasteiger partial charge in [-0.25, -0.2) is 0 Å². The van der Waals surface area contributed by atoms with E-state index in [1.807, 2.05) is 0 Å². The molecule has 16 heavy (non-hydrogen) atoms. The molecule has 0 aliphatic carbocycles. The quantitative estimate of drug-likeness (QED) is 0.500. The number of carboxylic acids is 1. The summed E-state index contributed by atoms with van der Waals surface area (Å²) < 4.78 is 0. The first-order chi connectivity index (χ1) is 7.56. The molecule has 4 heteroatoms. The monoisotopic (exact) mass is 230 g/mol. The van der Waals surface area contributed by atoms with E-state index < -0.39 is 11.5 Å². The Balaban J connectivity index is 3.88. The van der Waals surface area contributed by atoms with Crippen molar-refractivity contribution in [3.05, 3.63) is 0 Å². The van der Waals surface area contributed by atoms with Crippen molar-refractivity contribution in [2.24, 2.45) is 5.73 Å². The summed E-state index contributed by atoms with van der Waals surface area (Å²) in [7, 11) is 0. The van der Waals surface area contributed by atoms with Gasteiger partial charge < -0.3 is 16.2 Å². The predicted octanol–water partition coefficient (Wildman–Crippen LogP) is 1.74. The number of hydrogen-bond acceptors (Lipinski definition) is 3. The number of carbonyl (C=O) groups is 1. The molecule has 0 heterocycles. The lowest BCUT2D eigenvalue weighted by molar-refractivity contribution is -0.144. The highest BCUT2D eigenvalue weighted by molar-refractivity contribution is 5.78. The summed E-state index contributed by atoms with van der Waals surface area (Å²) >= 11 is 0. The Morgan fingerprint density at radius 2 is 1.94 bits per heavy atom. The SMILES string of the molecule is CCCCCCCC(C)(NCCN)C(=O)O. The van der Waals surface area contributed by atoms with Gasteiger partial charge in [-0.2, -0.15) is 0 Å². The second kappa shape index (κ2) is 8.53. The molecule has 0 fully saturated rings. The summed E-state index contributed by atoms with van der Waals surface area (Å²) in [5, 5.41) is 12.2. The zero-order valence-corrected chi connectivity index (χ0v) is 10.6. The summed E-state index contributed by atoms with van der Waals surface area (Å²) in [4.78, 5) is 11.1. The van der Waals surface area contributed by atoms with Crippen LogP contribution in [0.25, 0.3) is 0 Å². The van der Waals surface area contributed by atoms with Crippen molar-refractivity contribution in [1.29, 1.82) is 0 Å². The predicted molar refractivity (Wildman–Crippen MR) is 66.5 cm³/mol. The Morgan fingerprint density at radius 1 is 1.31 bits per heavy atom. The maximum absolute atomic E-state index is 11.1. The first-order valence-corrected chi connectivity index (χ1v) is 6.25. The van der Waals surface area contributed by atoms with Crippen molar-refractivity contribution in [1.82, 2.24) is 5.32 Å². The molecule has 96 valence electrons. The molecule has 0 aliphatic heterocycles. The zero-order chi connectivity index (χ0) is 12.4. The van der Waals surface area contributed by atoms with Gasteiger partial charge in [-0.15, -0.1) is 0 Å². The second-order valence-corrected chi connectivity index (χ2v) is 4.52. The summed E-state index contributed by atoms with van der Waals surface area (Å²) in [6, 6.07) is 0. The van der Waals surface area contributed by atoms with E-state index in [9.17, 15) is 4.79 Å². The Morgan fingerprint density at radius 3 is 2.44 bits per heavy atom. The lowest BCUT2D eigenvalue weighted by Gasteiger charge is -2.26. The molecule has 0 saturated carbocycles. The van der Waals surface area contributed by atoms with E-state index in [-0.39, 0.29) is 0 Å². The maximum Gasteiger partial charge on any atom is 0.323 e. The number of carboxylic acid groups (broad SMARTS) is 1. The molecular weight excluding hydrogens is 204 g/mol. The minimum absolute atomic E-state index is 0.471. The van der Waals surface area contributed by atoms with E-state index in [1.54, 1.807) is 6.92 Å². The van der Waals surface area contributed by atoms with Crippen LogP contribution in [0.4, 0.5) is 0 Å². The van der Waals surface area contributed by atoms with Crippen molar-refractivity contribution < 1.29 is 9.90 Å². The highest BCUT2D eigenvalue weighted by Gasteiger charge is 2.31. The molecule has 0 radical (unpaired) electrons. The van der Waals surface area contributed by atoms with Crippen LogP contribution in [-0.4, -0.2) is 29.7 Å². The van der Waals surface area contributed by atoms with E-state index in [2.05, 4.69) is 12.2 Å². The number of aliphatic carboxylic acids is 1. The molecular formula is C12H26N2O2. The van der Waals surface area contributed by atoms with Crippen molar-refractivity contribution >= 4 is 5.97 Å². The van der Waals surface area contributed by atoms with Gasteiger partial charge in [0.05, 0.1) is 0 Å². The van der Waals surface area contributed by atoms with Crippen LogP contribution in [0, 0.1) is 0 Å². The van der Waals surface area contributed by atoms with Gasteiger partial charge in [0, 0.05) is 13.1 Å². The van der Waals surface area contributed by atoms with Crippen LogP contribution in [-0.2, 0) is 4.79 Å². The molecule has 0 aliphatic rings. The van der Waals surface area contributed by atoms with Gasteiger partial charge in [-0.05, 0) is 13.3 Å². The molecule has 4 nitrogen and oxygen atoms in total. The van der Waals surface area contributed by atoms with Gasteiger partial charge in [0.2, 0.25) is 0 Å². The van der Waals surface area contributed by atoms with Gasteiger partial charge in [-0.1, -0.05) is 39.0 Å². The normalized spacial score (nSPS) is 14.7. The maximum atomic E-state index is 11.1. The van der Waals surface area contributed by atoms with E-state index >= 15 is 0 Å². The van der Waals surface area contributed by atoms with Gasteiger partial charge in [0.1, 0.15) is 5.54 Å². The van der Waals surface area contributed by atoms with Crippen LogP contribution in [0.5, 0.6) is 0 Å². The molecule has 0 amide bonds. The fourth-order valence-corrected chi connectivity index (χ4v) is 1.70. The third kappa shape index (κ3) is 6.08. The minimum Gasteiger partial charge on any atom is -0.480 e. The molecule has 0 rings (SSSR count). The molecule has 1 atom stereocenters. The number of nitrogens with one attached hydrogen (secondary N) is 1. The first kappa shape index (κ1) is 15.4. The van der Waals surface area contributed by atoms with Crippen molar-refractivity contribution in [3.63, 3.8) is 0 Å². The summed E-state index contributed by atoms with van der Waals surface area (Å²) in [6.45, 7) is 4.94. The average molecular weight is 230 g/mol. The fraction of sp³-hybridized carbons (Fsp3) is 0.917. The molecule has 0 spiro atoms. The Kier molecular flexibility index (Phi) is 8.21. The van der Waals surface area contributed by atoms with Crippen LogP contribution in [0.2, 0.25) is 0 Å². The van der Waals surface area contributed by atoms with Gasteiger partial charge in [-0.3, -0.25) is 4.79 Å². The number of hydrogen-bond donors (Lipinski definition) is 3.